The van der Waals surface area contributed by atoms with Crippen molar-refractivity contribution in [1.82, 2.24) is 30.7 Å². The minimum absolute atomic E-state index is 0.00997. The van der Waals surface area contributed by atoms with Gasteiger partial charge in [0.05, 0.1) is 15.8 Å². The first-order valence-corrected chi connectivity index (χ1v) is 10.7. The Balaban J connectivity index is 1.55. The van der Waals surface area contributed by atoms with Gasteiger partial charge in [0, 0.05) is 11.1 Å². The van der Waals surface area contributed by atoms with E-state index in [1.54, 1.807) is 18.2 Å². The Morgan fingerprint density at radius 2 is 1.97 bits per heavy atom. The fraction of sp³-hybridized carbons (Fsp3) is 0.143. The van der Waals surface area contributed by atoms with Crippen molar-refractivity contribution in [1.29, 1.82) is 0 Å². The highest BCUT2D eigenvalue weighted by Gasteiger charge is 2.26. The van der Waals surface area contributed by atoms with Crippen molar-refractivity contribution in [3.05, 3.63) is 69.3 Å². The number of benzene rings is 2. The Hall–Kier alpha value is -3.76. The van der Waals surface area contributed by atoms with Crippen LogP contribution in [0.1, 0.15) is 34.5 Å². The van der Waals surface area contributed by atoms with Crippen LogP contribution in [-0.2, 0) is 6.42 Å². The second kappa shape index (κ2) is 8.64. The summed E-state index contributed by atoms with van der Waals surface area (Å²) in [5, 5.41) is 20.4. The third-order valence-corrected chi connectivity index (χ3v) is 5.99. The SMILES string of the molecule is Nc1nonc1-n1nnc(C(=O)NN=C2CCCc3ccccc32)c1-c1ccc(Cl)c(Cl)c1. The van der Waals surface area contributed by atoms with Crippen LogP contribution in [0.3, 0.4) is 0 Å². The molecular formula is C21H16Cl2N8O2. The van der Waals surface area contributed by atoms with Crippen LogP contribution >= 0.6 is 23.2 Å². The largest absolute Gasteiger partial charge is 0.378 e. The Morgan fingerprint density at radius 3 is 2.76 bits per heavy atom. The van der Waals surface area contributed by atoms with Crippen molar-refractivity contribution in [2.24, 2.45) is 5.10 Å². The van der Waals surface area contributed by atoms with Gasteiger partial charge in [0.1, 0.15) is 5.69 Å². The number of nitrogen functional groups attached to an aromatic ring is 1. The molecule has 4 aromatic rings. The number of carbonyl (C=O) groups is 1. The number of hydrazone groups is 1. The van der Waals surface area contributed by atoms with Gasteiger partial charge in [-0.1, -0.05) is 58.7 Å². The summed E-state index contributed by atoms with van der Waals surface area (Å²) in [6, 6.07) is 12.9. The number of nitrogens with zero attached hydrogens (tertiary/aromatic N) is 6. The number of hydrogen-bond donors (Lipinski definition) is 2. The molecule has 0 saturated carbocycles. The monoisotopic (exact) mass is 482 g/mol. The third kappa shape index (κ3) is 3.94. The number of rotatable bonds is 4. The van der Waals surface area contributed by atoms with Crippen molar-refractivity contribution in [3.63, 3.8) is 0 Å². The van der Waals surface area contributed by atoms with E-state index in [1.807, 2.05) is 18.2 Å². The first kappa shape index (κ1) is 21.1. The molecule has 2 aromatic heterocycles. The van der Waals surface area contributed by atoms with E-state index in [1.165, 1.54) is 10.2 Å². The van der Waals surface area contributed by atoms with Gasteiger partial charge in [-0.2, -0.15) is 9.78 Å². The minimum atomic E-state index is -0.562. The first-order chi connectivity index (χ1) is 16.0. The maximum atomic E-state index is 13.1. The lowest BCUT2D eigenvalue weighted by Gasteiger charge is -2.17. The smallest absolute Gasteiger partial charge is 0.294 e. The molecule has 1 aliphatic carbocycles. The molecule has 1 amide bonds. The van der Waals surface area contributed by atoms with Crippen molar-refractivity contribution in [2.45, 2.75) is 19.3 Å². The molecule has 2 heterocycles. The Kier molecular flexibility index (Phi) is 5.53. The molecule has 0 fully saturated rings. The van der Waals surface area contributed by atoms with Gasteiger partial charge in [0.2, 0.25) is 11.6 Å². The Bertz CT molecular complexity index is 1390. The molecule has 0 radical (unpaired) electrons. The van der Waals surface area contributed by atoms with Crippen LogP contribution < -0.4 is 11.2 Å². The second-order valence-corrected chi connectivity index (χ2v) is 8.12. The summed E-state index contributed by atoms with van der Waals surface area (Å²) in [7, 11) is 0. The molecular weight excluding hydrogens is 467 g/mol. The highest BCUT2D eigenvalue weighted by atomic mass is 35.5. The van der Waals surface area contributed by atoms with Gasteiger partial charge >= 0.3 is 0 Å². The number of aromatic nitrogens is 5. The predicted molar refractivity (Wildman–Crippen MR) is 122 cm³/mol. The number of carbonyl (C=O) groups excluding carboxylic acids is 1. The molecule has 33 heavy (non-hydrogen) atoms. The fourth-order valence-electron chi connectivity index (χ4n) is 3.71. The summed E-state index contributed by atoms with van der Waals surface area (Å²) >= 11 is 12.3. The molecule has 3 N–H and O–H groups in total. The lowest BCUT2D eigenvalue weighted by molar-refractivity contribution is 0.0950. The zero-order chi connectivity index (χ0) is 22.9. The quantitative estimate of drug-likeness (QED) is 0.423. The number of anilines is 1. The topological polar surface area (TPSA) is 137 Å². The van der Waals surface area contributed by atoms with Crippen LogP contribution in [0.25, 0.3) is 17.1 Å². The minimum Gasteiger partial charge on any atom is -0.378 e. The molecule has 0 unspecified atom stereocenters. The molecule has 0 saturated heterocycles. The molecule has 10 nitrogen and oxygen atoms in total. The van der Waals surface area contributed by atoms with E-state index < -0.39 is 5.91 Å². The van der Waals surface area contributed by atoms with Crippen molar-refractivity contribution in [3.8, 4) is 17.1 Å². The van der Waals surface area contributed by atoms with Crippen LogP contribution in [0, 0.1) is 0 Å². The number of nitrogens with one attached hydrogen (secondary N) is 1. The van der Waals surface area contributed by atoms with Gasteiger partial charge in [-0.3, -0.25) is 4.79 Å². The van der Waals surface area contributed by atoms with E-state index in [-0.39, 0.29) is 23.0 Å². The number of nitrogens with two attached hydrogens (primary N) is 1. The number of aryl methyl sites for hydroxylation is 1. The summed E-state index contributed by atoms with van der Waals surface area (Å²) in [4.78, 5) is 13.1. The predicted octanol–water partition coefficient (Wildman–Crippen LogP) is 3.68. The maximum Gasteiger partial charge on any atom is 0.294 e. The van der Waals surface area contributed by atoms with Gasteiger partial charge < -0.3 is 5.73 Å². The molecule has 12 heteroatoms. The molecule has 0 aliphatic heterocycles. The average Bonchev–Trinajstić information content (AvgIpc) is 3.45. The van der Waals surface area contributed by atoms with Crippen LogP contribution in [0.4, 0.5) is 5.82 Å². The molecule has 0 bridgehead atoms. The van der Waals surface area contributed by atoms with E-state index in [0.717, 1.165) is 30.5 Å². The number of hydrogen-bond acceptors (Lipinski definition) is 8. The summed E-state index contributed by atoms with van der Waals surface area (Å²) < 4.78 is 5.93. The second-order valence-electron chi connectivity index (χ2n) is 7.31. The number of halogens is 2. The molecule has 166 valence electrons. The molecule has 5 rings (SSSR count). The summed E-state index contributed by atoms with van der Waals surface area (Å²) in [6.45, 7) is 0. The number of fused-ring (bicyclic) bond motifs is 1. The normalized spacial score (nSPS) is 14.3. The van der Waals surface area contributed by atoms with Crippen LogP contribution in [0.15, 0.2) is 52.2 Å². The van der Waals surface area contributed by atoms with E-state index in [9.17, 15) is 4.79 Å². The number of amides is 1. The molecule has 0 atom stereocenters. The van der Waals surface area contributed by atoms with Crippen LogP contribution in [0.2, 0.25) is 10.0 Å². The average molecular weight is 483 g/mol. The summed E-state index contributed by atoms with van der Waals surface area (Å²) in [5.74, 6) is -0.504. The van der Waals surface area contributed by atoms with Crippen molar-refractivity contribution < 1.29 is 9.42 Å². The maximum absolute atomic E-state index is 13.1. The van der Waals surface area contributed by atoms with E-state index in [2.05, 4.69) is 41.8 Å². The van der Waals surface area contributed by atoms with Gasteiger partial charge in [0.15, 0.2) is 5.69 Å². The van der Waals surface area contributed by atoms with Crippen LogP contribution in [0.5, 0.6) is 0 Å². The summed E-state index contributed by atoms with van der Waals surface area (Å²) in [6.07, 6.45) is 2.69. The lowest BCUT2D eigenvalue weighted by atomic mass is 9.90. The van der Waals surface area contributed by atoms with Crippen molar-refractivity contribution >= 4 is 40.6 Å². The molecule has 2 aromatic carbocycles. The van der Waals surface area contributed by atoms with Gasteiger partial charge in [-0.05, 0) is 47.3 Å². The van der Waals surface area contributed by atoms with Gasteiger partial charge in [-0.25, -0.2) is 10.1 Å². The third-order valence-electron chi connectivity index (χ3n) is 5.25. The first-order valence-electron chi connectivity index (χ1n) is 9.97. The van der Waals surface area contributed by atoms with E-state index >= 15 is 0 Å². The highest BCUT2D eigenvalue weighted by molar-refractivity contribution is 6.42. The van der Waals surface area contributed by atoms with Crippen molar-refractivity contribution in [2.75, 3.05) is 5.73 Å². The van der Waals surface area contributed by atoms with Gasteiger partial charge in [0.25, 0.3) is 5.91 Å². The molecule has 0 spiro atoms. The summed E-state index contributed by atoms with van der Waals surface area (Å²) in [5.41, 5.74) is 12.2. The zero-order valence-electron chi connectivity index (χ0n) is 17.0. The standard InChI is InChI=1S/C21H16Cl2N8O2/c22-14-9-8-12(10-15(14)23)18-17(26-30-31(18)20-19(24)28-33-29-20)21(32)27-25-16-7-3-5-11-4-1-2-6-13(11)16/h1-2,4,6,8-10H,3,5,7H2,(H2,24,28)(H,27,32). The Morgan fingerprint density at radius 1 is 1.12 bits per heavy atom. The van der Waals surface area contributed by atoms with Crippen LogP contribution in [-0.4, -0.2) is 36.9 Å². The zero-order valence-corrected chi connectivity index (χ0v) is 18.5. The molecule has 1 aliphatic rings. The van der Waals surface area contributed by atoms with Gasteiger partial charge in [-0.15, -0.1) is 5.10 Å². The Labute approximate surface area is 197 Å². The van der Waals surface area contributed by atoms with E-state index in [4.69, 9.17) is 28.9 Å². The fourth-order valence-corrected chi connectivity index (χ4v) is 4.01. The lowest BCUT2D eigenvalue weighted by Crippen LogP contribution is -2.23. The highest BCUT2D eigenvalue weighted by Crippen LogP contribution is 2.31. The van der Waals surface area contributed by atoms with E-state index in [0.29, 0.717) is 15.6 Å².